The van der Waals surface area contributed by atoms with E-state index in [4.69, 9.17) is 9.15 Å². The van der Waals surface area contributed by atoms with E-state index in [1.807, 2.05) is 12.1 Å². The molecule has 156 valence electrons. The van der Waals surface area contributed by atoms with Crippen molar-refractivity contribution in [2.75, 3.05) is 12.0 Å². The number of thiazole rings is 1. The highest BCUT2D eigenvalue weighted by atomic mass is 32.2. The van der Waals surface area contributed by atoms with Crippen LogP contribution < -0.4 is 5.43 Å². The molecule has 0 saturated heterocycles. The average Bonchev–Trinajstić information content (AvgIpc) is 3.39. The van der Waals surface area contributed by atoms with Gasteiger partial charge in [-0.15, -0.1) is 23.1 Å². The maximum absolute atomic E-state index is 11.5. The van der Waals surface area contributed by atoms with E-state index in [2.05, 4.69) is 15.5 Å². The molecule has 2 aromatic heterocycles. The van der Waals surface area contributed by atoms with E-state index < -0.39 is 4.92 Å². The lowest BCUT2D eigenvalue weighted by Gasteiger charge is -2.05. The molecule has 0 atom stereocenters. The van der Waals surface area contributed by atoms with Crippen LogP contribution in [0.3, 0.4) is 0 Å². The van der Waals surface area contributed by atoms with Crippen molar-refractivity contribution >= 4 is 46.1 Å². The molecule has 3 rings (SSSR count). The number of carbonyl (C=O) groups is 1. The number of hydrazone groups is 1. The molecule has 0 amide bonds. The molecule has 11 heteroatoms. The monoisotopic (exact) mass is 446 g/mol. The fourth-order valence-corrected chi connectivity index (χ4v) is 3.95. The molecule has 3 aromatic rings. The number of nitrogens with one attached hydrogen (secondary N) is 1. The van der Waals surface area contributed by atoms with Crippen LogP contribution in [0.5, 0.6) is 0 Å². The number of non-ortho nitro benzene ring substituents is 1. The van der Waals surface area contributed by atoms with Crippen LogP contribution in [-0.2, 0) is 21.7 Å². The third-order valence-corrected chi connectivity index (χ3v) is 5.61. The second-order valence-electron chi connectivity index (χ2n) is 5.84. The van der Waals surface area contributed by atoms with Crippen LogP contribution >= 0.6 is 23.1 Å². The Kier molecular flexibility index (Phi) is 7.57. The molecule has 30 heavy (non-hydrogen) atoms. The molecule has 0 bridgehead atoms. The van der Waals surface area contributed by atoms with E-state index in [0.29, 0.717) is 28.7 Å². The number of ether oxygens (including phenoxy) is 1. The van der Waals surface area contributed by atoms with Gasteiger partial charge < -0.3 is 9.15 Å². The first-order chi connectivity index (χ1) is 14.5. The number of esters is 1. The molecule has 1 N–H and O–H groups in total. The molecule has 0 saturated carbocycles. The number of carbonyl (C=O) groups excluding carboxylic acids is 1. The molecule has 0 aliphatic heterocycles. The minimum absolute atomic E-state index is 0.0234. The predicted octanol–water partition coefficient (Wildman–Crippen LogP) is 4.49. The zero-order valence-corrected chi connectivity index (χ0v) is 17.6. The standard InChI is InChI=1S/C19H18N4O5S2/c1-2-27-18(24)9-14-11-30-19(21-14)22-20-10-13-8-15(23(25)26)5-6-17(13)29-12-16-4-3-7-28-16/h3-8,10-11H,2,9,12H2,1H3,(H,21,22). The smallest absolute Gasteiger partial charge is 0.311 e. The maximum Gasteiger partial charge on any atom is 0.311 e. The number of nitro groups is 1. The van der Waals surface area contributed by atoms with Gasteiger partial charge in [-0.25, -0.2) is 4.98 Å². The van der Waals surface area contributed by atoms with Crippen molar-refractivity contribution in [1.82, 2.24) is 4.98 Å². The third-order valence-electron chi connectivity index (χ3n) is 3.70. The molecule has 0 unspecified atom stereocenters. The number of nitro benzene ring substituents is 1. The SMILES string of the molecule is CCOC(=O)Cc1csc(NN=Cc2cc([N+](=O)[O-])ccc2SCc2ccco2)n1. The number of hydrogen-bond acceptors (Lipinski definition) is 10. The Bertz CT molecular complexity index is 1030. The topological polar surface area (TPSA) is 120 Å². The van der Waals surface area contributed by atoms with E-state index in [-0.39, 0.29) is 18.1 Å². The van der Waals surface area contributed by atoms with Crippen LogP contribution in [0.1, 0.15) is 23.9 Å². The molecule has 0 fully saturated rings. The third kappa shape index (κ3) is 6.16. The molecule has 1 aromatic carbocycles. The summed E-state index contributed by atoms with van der Waals surface area (Å²) >= 11 is 2.78. The number of thioether (sulfide) groups is 1. The van der Waals surface area contributed by atoms with Crippen LogP contribution in [0.2, 0.25) is 0 Å². The summed E-state index contributed by atoms with van der Waals surface area (Å²) in [5.74, 6) is 1.05. The van der Waals surface area contributed by atoms with Crippen molar-refractivity contribution in [1.29, 1.82) is 0 Å². The number of benzene rings is 1. The number of aromatic nitrogens is 1. The number of furan rings is 1. The van der Waals surface area contributed by atoms with Gasteiger partial charge in [-0.05, 0) is 25.1 Å². The van der Waals surface area contributed by atoms with Crippen LogP contribution in [0.25, 0.3) is 0 Å². The summed E-state index contributed by atoms with van der Waals surface area (Å²) in [6, 6.07) is 8.28. The van der Waals surface area contributed by atoms with E-state index in [0.717, 1.165) is 10.7 Å². The van der Waals surface area contributed by atoms with Gasteiger partial charge in [0.05, 0.1) is 41.9 Å². The fourth-order valence-electron chi connectivity index (χ4n) is 2.38. The van der Waals surface area contributed by atoms with E-state index in [1.54, 1.807) is 24.6 Å². The second kappa shape index (κ2) is 10.6. The number of hydrogen-bond donors (Lipinski definition) is 1. The fraction of sp³-hybridized carbons (Fsp3) is 0.211. The van der Waals surface area contributed by atoms with Crippen molar-refractivity contribution < 1.29 is 18.9 Å². The zero-order chi connectivity index (χ0) is 21.3. The van der Waals surface area contributed by atoms with Crippen LogP contribution in [0.4, 0.5) is 10.8 Å². The first-order valence-corrected chi connectivity index (χ1v) is 10.7. The Balaban J connectivity index is 1.68. The highest BCUT2D eigenvalue weighted by Gasteiger charge is 2.11. The van der Waals surface area contributed by atoms with Gasteiger partial charge >= 0.3 is 5.97 Å². The minimum atomic E-state index is -0.450. The Morgan fingerprint density at radius 3 is 3.07 bits per heavy atom. The van der Waals surface area contributed by atoms with Gasteiger partial charge in [0.1, 0.15) is 5.76 Å². The molecule has 2 heterocycles. The molecule has 0 aliphatic carbocycles. The first kappa shape index (κ1) is 21.5. The van der Waals surface area contributed by atoms with Gasteiger partial charge in [0, 0.05) is 28.0 Å². The Hall–Kier alpha value is -3.18. The van der Waals surface area contributed by atoms with Gasteiger partial charge in [-0.1, -0.05) is 0 Å². The highest BCUT2D eigenvalue weighted by Crippen LogP contribution is 2.28. The summed E-state index contributed by atoms with van der Waals surface area (Å²) < 4.78 is 10.2. The summed E-state index contributed by atoms with van der Waals surface area (Å²) in [7, 11) is 0. The largest absolute Gasteiger partial charge is 0.468 e. The summed E-state index contributed by atoms with van der Waals surface area (Å²) in [4.78, 5) is 27.3. The van der Waals surface area contributed by atoms with Gasteiger partial charge in [0.25, 0.3) is 5.69 Å². The first-order valence-electron chi connectivity index (χ1n) is 8.88. The normalized spacial score (nSPS) is 11.0. The van der Waals surface area contributed by atoms with Crippen molar-refractivity contribution in [3.63, 3.8) is 0 Å². The Labute approximate surface area is 180 Å². The zero-order valence-electron chi connectivity index (χ0n) is 15.9. The maximum atomic E-state index is 11.5. The van der Waals surface area contributed by atoms with Gasteiger partial charge in [-0.2, -0.15) is 5.10 Å². The summed E-state index contributed by atoms with van der Waals surface area (Å²) in [5, 5.41) is 17.5. The average molecular weight is 447 g/mol. The van der Waals surface area contributed by atoms with E-state index in [1.165, 1.54) is 41.4 Å². The van der Waals surface area contributed by atoms with E-state index in [9.17, 15) is 14.9 Å². The number of nitrogens with zero attached hydrogens (tertiary/aromatic N) is 3. The van der Waals surface area contributed by atoms with Crippen molar-refractivity contribution in [3.8, 4) is 0 Å². The van der Waals surface area contributed by atoms with Gasteiger partial charge in [0.2, 0.25) is 5.13 Å². The van der Waals surface area contributed by atoms with Crippen LogP contribution in [-0.4, -0.2) is 28.7 Å². The molecule has 9 nitrogen and oxygen atoms in total. The Morgan fingerprint density at radius 1 is 1.47 bits per heavy atom. The van der Waals surface area contributed by atoms with Crippen molar-refractivity contribution in [2.45, 2.75) is 24.0 Å². The van der Waals surface area contributed by atoms with Crippen LogP contribution in [0.15, 0.2) is 56.4 Å². The Morgan fingerprint density at radius 2 is 2.33 bits per heavy atom. The summed E-state index contributed by atoms with van der Waals surface area (Å²) in [6.45, 7) is 2.07. The lowest BCUT2D eigenvalue weighted by atomic mass is 10.2. The minimum Gasteiger partial charge on any atom is -0.468 e. The van der Waals surface area contributed by atoms with E-state index >= 15 is 0 Å². The van der Waals surface area contributed by atoms with Crippen molar-refractivity contribution in [2.24, 2.45) is 5.10 Å². The second-order valence-corrected chi connectivity index (χ2v) is 7.72. The number of anilines is 1. The lowest BCUT2D eigenvalue weighted by Crippen LogP contribution is -2.07. The molecular formula is C19H18N4O5S2. The van der Waals surface area contributed by atoms with Gasteiger partial charge in [-0.3, -0.25) is 20.3 Å². The molecule has 0 spiro atoms. The number of rotatable bonds is 10. The van der Waals surface area contributed by atoms with Crippen LogP contribution in [0, 0.1) is 10.1 Å². The molecule has 0 radical (unpaired) electrons. The summed E-state index contributed by atoms with van der Waals surface area (Å²) in [5.41, 5.74) is 3.95. The molecule has 0 aliphatic rings. The lowest BCUT2D eigenvalue weighted by molar-refractivity contribution is -0.384. The molecular weight excluding hydrogens is 428 g/mol. The highest BCUT2D eigenvalue weighted by molar-refractivity contribution is 7.98. The quantitative estimate of drug-likeness (QED) is 0.159. The summed E-state index contributed by atoms with van der Waals surface area (Å²) in [6.07, 6.45) is 3.19. The van der Waals surface area contributed by atoms with Crippen molar-refractivity contribution in [3.05, 3.63) is 69.1 Å². The predicted molar refractivity (Wildman–Crippen MR) is 115 cm³/mol. The van der Waals surface area contributed by atoms with Gasteiger partial charge in [0.15, 0.2) is 0 Å².